The third-order valence-electron chi connectivity index (χ3n) is 0.490. The van der Waals surface area contributed by atoms with Gasteiger partial charge in [-0.2, -0.15) is 0 Å². The Labute approximate surface area is 54.8 Å². The minimum absolute atomic E-state index is 0.811. The summed E-state index contributed by atoms with van der Waals surface area (Å²) in [6, 6.07) is 0. The van der Waals surface area contributed by atoms with Crippen LogP contribution in [0.25, 0.3) is 0 Å². The Morgan fingerprint density at radius 3 is 1.33 bits per heavy atom. The van der Waals surface area contributed by atoms with Crippen LogP contribution in [-0.2, 0) is 13.7 Å². The van der Waals surface area contributed by atoms with E-state index in [0.717, 1.165) is 0 Å². The average molecular weight is 183 g/mol. The lowest BCUT2D eigenvalue weighted by atomic mass is 11.4. The Hall–Kier alpha value is -0.100. The van der Waals surface area contributed by atoms with Gasteiger partial charge in [0.1, 0.15) is 0 Å². The fraction of sp³-hybridized carbons (Fsp3) is 1.00. The van der Waals surface area contributed by atoms with Gasteiger partial charge in [-0.1, -0.05) is 0 Å². The predicted octanol–water partition coefficient (Wildman–Crippen LogP) is 2.24. The van der Waals surface area contributed by atoms with Crippen LogP contribution in [0.4, 0.5) is 0 Å². The van der Waals surface area contributed by atoms with Crippen molar-refractivity contribution >= 4 is 25.4 Å². The minimum atomic E-state index is -2.01. The molecule has 0 saturated heterocycles. The van der Waals surface area contributed by atoms with Crippen LogP contribution in [0.2, 0.25) is 0 Å². The molecule has 0 spiro atoms. The Balaban J connectivity index is 4.53. The molecular weight excluding hydrogens is 183 g/mol. The largest absolute Gasteiger partial charge is 0.336 e. The second-order valence-electron chi connectivity index (χ2n) is 0.965. The van der Waals surface area contributed by atoms with Gasteiger partial charge in [-0.3, -0.25) is 13.7 Å². The SMILES string of the molecule is O=NC(P=O)(P=O)P=O. The summed E-state index contributed by atoms with van der Waals surface area (Å²) in [4.78, 5) is 9.65. The Morgan fingerprint density at radius 1 is 1.00 bits per heavy atom. The molecule has 0 fully saturated rings. The highest BCUT2D eigenvalue weighted by Crippen LogP contribution is 2.45. The van der Waals surface area contributed by atoms with Crippen molar-refractivity contribution in [3.05, 3.63) is 4.91 Å². The van der Waals surface area contributed by atoms with Crippen molar-refractivity contribution in [2.45, 2.75) is 4.76 Å². The molecule has 0 atom stereocenters. The zero-order chi connectivity index (χ0) is 7.33. The third-order valence-corrected chi connectivity index (χ3v) is 2.94. The van der Waals surface area contributed by atoms with E-state index in [2.05, 4.69) is 5.18 Å². The van der Waals surface area contributed by atoms with Crippen LogP contribution in [0.3, 0.4) is 0 Å². The molecule has 0 amide bonds. The van der Waals surface area contributed by atoms with Gasteiger partial charge in [0, 0.05) is 0 Å². The van der Waals surface area contributed by atoms with Crippen molar-refractivity contribution in [3.8, 4) is 0 Å². The predicted molar refractivity (Wildman–Crippen MR) is 31.3 cm³/mol. The van der Waals surface area contributed by atoms with Crippen LogP contribution in [0, 0.1) is 4.91 Å². The molecule has 0 saturated carbocycles. The quantitative estimate of drug-likeness (QED) is 0.494. The van der Waals surface area contributed by atoms with E-state index in [1.54, 1.807) is 0 Å². The molecule has 0 aromatic rings. The fourth-order valence-corrected chi connectivity index (χ4v) is 0.600. The maximum absolute atomic E-state index is 9.91. The van der Waals surface area contributed by atoms with Gasteiger partial charge in [-0.15, -0.1) is 4.91 Å². The first-order chi connectivity index (χ1) is 4.24. The van der Waals surface area contributed by atoms with Gasteiger partial charge in [0.25, 0.3) is 0 Å². The van der Waals surface area contributed by atoms with Crippen LogP contribution in [0.5, 0.6) is 0 Å². The smallest absolute Gasteiger partial charge is 0.270 e. The minimum Gasteiger partial charge on any atom is -0.270 e. The number of rotatable bonds is 4. The summed E-state index contributed by atoms with van der Waals surface area (Å²) < 4.78 is 27.7. The monoisotopic (exact) mass is 183 g/mol. The Morgan fingerprint density at radius 2 is 1.33 bits per heavy atom. The molecule has 0 radical (unpaired) electrons. The van der Waals surface area contributed by atoms with Crippen LogP contribution in [-0.4, -0.2) is 4.76 Å². The molecule has 0 N–H and O–H groups in total. The summed E-state index contributed by atoms with van der Waals surface area (Å²) in [6.45, 7) is 0. The molecule has 48 valence electrons. The van der Waals surface area contributed by atoms with Gasteiger partial charge in [-0.25, -0.2) is 0 Å². The standard InChI is InChI=1S/CNO4P3/c3-2-1(7-4,8-5)9-6. The van der Waals surface area contributed by atoms with E-state index >= 15 is 0 Å². The van der Waals surface area contributed by atoms with Crippen LogP contribution >= 0.6 is 25.4 Å². The van der Waals surface area contributed by atoms with Crippen LogP contribution < -0.4 is 0 Å². The van der Waals surface area contributed by atoms with Crippen molar-refractivity contribution in [2.75, 3.05) is 0 Å². The molecule has 0 rings (SSSR count). The van der Waals surface area contributed by atoms with Crippen molar-refractivity contribution < 1.29 is 13.7 Å². The van der Waals surface area contributed by atoms with Gasteiger partial charge < -0.3 is 0 Å². The lowest BCUT2D eigenvalue weighted by molar-refractivity contribution is 0.575. The fourth-order valence-electron chi connectivity index (χ4n) is 0.100. The average Bonchev–Trinajstić information content (AvgIpc) is 1.95. The molecule has 0 heterocycles. The number of hydrogen-bond donors (Lipinski definition) is 0. The first kappa shape index (κ1) is 8.90. The molecule has 0 aromatic carbocycles. The van der Waals surface area contributed by atoms with E-state index in [4.69, 9.17) is 0 Å². The van der Waals surface area contributed by atoms with E-state index in [9.17, 15) is 18.6 Å². The topological polar surface area (TPSA) is 80.6 Å². The van der Waals surface area contributed by atoms with E-state index in [1.807, 2.05) is 0 Å². The molecule has 0 aliphatic heterocycles. The van der Waals surface area contributed by atoms with Gasteiger partial charge in [-0.05, 0) is 5.18 Å². The van der Waals surface area contributed by atoms with Crippen molar-refractivity contribution in [1.29, 1.82) is 0 Å². The van der Waals surface area contributed by atoms with Gasteiger partial charge in [0.15, 0.2) is 0 Å². The summed E-state index contributed by atoms with van der Waals surface area (Å²) in [5.41, 5.74) is 0. The maximum atomic E-state index is 9.91. The van der Waals surface area contributed by atoms with E-state index in [-0.39, 0.29) is 0 Å². The second kappa shape index (κ2) is 3.84. The zero-order valence-corrected chi connectivity index (χ0v) is 6.61. The highest BCUT2D eigenvalue weighted by atomic mass is 31.2. The van der Waals surface area contributed by atoms with Gasteiger partial charge in [0.2, 0.25) is 25.4 Å². The van der Waals surface area contributed by atoms with Crippen molar-refractivity contribution in [1.82, 2.24) is 0 Å². The second-order valence-corrected chi connectivity index (χ2v) is 4.51. The maximum Gasteiger partial charge on any atom is 0.336 e. The molecular formula is CNO4P3. The molecule has 0 aliphatic carbocycles. The number of hydrogen-bond acceptors (Lipinski definition) is 5. The molecule has 5 nitrogen and oxygen atoms in total. The van der Waals surface area contributed by atoms with Gasteiger partial charge in [0.05, 0.1) is 0 Å². The van der Waals surface area contributed by atoms with Gasteiger partial charge >= 0.3 is 4.76 Å². The molecule has 8 heteroatoms. The molecule has 0 aliphatic rings. The number of nitrogens with zero attached hydrogens (tertiary/aromatic N) is 1. The summed E-state index contributed by atoms with van der Waals surface area (Å²) in [6.07, 6.45) is 0. The highest BCUT2D eigenvalue weighted by Gasteiger charge is 2.35. The third kappa shape index (κ3) is 1.94. The lowest BCUT2D eigenvalue weighted by Crippen LogP contribution is -1.93. The summed E-state index contributed by atoms with van der Waals surface area (Å²) in [7, 11) is -2.43. The molecule has 0 aromatic heterocycles. The zero-order valence-electron chi connectivity index (χ0n) is 3.92. The molecule has 9 heavy (non-hydrogen) atoms. The lowest BCUT2D eigenvalue weighted by Gasteiger charge is -1.92. The summed E-state index contributed by atoms with van der Waals surface area (Å²) >= 11 is 0. The van der Waals surface area contributed by atoms with E-state index in [1.165, 1.54) is 0 Å². The summed E-state index contributed by atoms with van der Waals surface area (Å²) in [5.74, 6) is 0. The van der Waals surface area contributed by atoms with E-state index < -0.39 is 30.1 Å². The Kier molecular flexibility index (Phi) is 3.79. The highest BCUT2D eigenvalue weighted by molar-refractivity contribution is 7.63. The number of nitroso groups, excluding NO2 is 1. The molecule has 0 unspecified atom stereocenters. The molecule has 0 bridgehead atoms. The Bertz CT molecular complexity index is 118. The first-order valence-corrected chi connectivity index (χ1v) is 4.06. The normalized spacial score (nSPS) is 17.8. The van der Waals surface area contributed by atoms with Crippen molar-refractivity contribution in [2.24, 2.45) is 5.18 Å². The summed E-state index contributed by atoms with van der Waals surface area (Å²) in [5, 5.41) is 2.15. The van der Waals surface area contributed by atoms with Crippen LogP contribution in [0.1, 0.15) is 0 Å². The van der Waals surface area contributed by atoms with E-state index in [0.29, 0.717) is 0 Å². The first-order valence-electron chi connectivity index (χ1n) is 1.62. The van der Waals surface area contributed by atoms with Crippen molar-refractivity contribution in [3.63, 3.8) is 0 Å². The van der Waals surface area contributed by atoms with Crippen LogP contribution in [0.15, 0.2) is 5.18 Å².